The molecule has 5 heteroatoms. The standard InChI is InChI=1S/C16H21ClN2O2/c1-11(2)8-18-9-14-15(17)5-4-6-16(14)20-10-13-7-12(3)21-19-13/h4-7,11,18H,8-10H2,1-3H3. The smallest absolute Gasteiger partial charge is 0.134 e. The van der Waals surface area contributed by atoms with Crippen LogP contribution in [0.3, 0.4) is 0 Å². The number of nitrogens with one attached hydrogen (secondary N) is 1. The number of aryl methyl sites for hydroxylation is 1. The Morgan fingerprint density at radius 3 is 2.86 bits per heavy atom. The van der Waals surface area contributed by atoms with E-state index >= 15 is 0 Å². The topological polar surface area (TPSA) is 47.3 Å². The normalized spacial score (nSPS) is 11.1. The number of nitrogens with zero attached hydrogens (tertiary/aromatic N) is 1. The van der Waals surface area contributed by atoms with Crippen LogP contribution in [0.5, 0.6) is 5.75 Å². The van der Waals surface area contributed by atoms with Crippen LogP contribution in [-0.4, -0.2) is 11.7 Å². The highest BCUT2D eigenvalue weighted by atomic mass is 35.5. The van der Waals surface area contributed by atoms with Crippen LogP contribution >= 0.6 is 11.6 Å². The molecule has 0 unspecified atom stereocenters. The van der Waals surface area contributed by atoms with Crippen LogP contribution in [0.15, 0.2) is 28.8 Å². The van der Waals surface area contributed by atoms with Crippen molar-refractivity contribution in [2.45, 2.75) is 33.9 Å². The number of rotatable bonds is 7. The molecule has 0 spiro atoms. The maximum atomic E-state index is 6.28. The van der Waals surface area contributed by atoms with Gasteiger partial charge in [-0.25, -0.2) is 0 Å². The Hall–Kier alpha value is -1.52. The molecule has 1 N–H and O–H groups in total. The first-order valence-electron chi connectivity index (χ1n) is 7.09. The molecule has 0 radical (unpaired) electrons. The molecule has 0 saturated carbocycles. The van der Waals surface area contributed by atoms with Gasteiger partial charge in [0.15, 0.2) is 0 Å². The number of benzene rings is 1. The second-order valence-corrected chi connectivity index (χ2v) is 5.87. The summed E-state index contributed by atoms with van der Waals surface area (Å²) in [5.41, 5.74) is 1.74. The van der Waals surface area contributed by atoms with E-state index in [9.17, 15) is 0 Å². The zero-order valence-corrected chi connectivity index (χ0v) is 13.4. The molecule has 0 amide bonds. The van der Waals surface area contributed by atoms with Crippen molar-refractivity contribution in [1.82, 2.24) is 10.5 Å². The molecule has 0 aliphatic carbocycles. The lowest BCUT2D eigenvalue weighted by molar-refractivity contribution is 0.284. The van der Waals surface area contributed by atoms with Crippen LogP contribution < -0.4 is 10.1 Å². The lowest BCUT2D eigenvalue weighted by atomic mass is 10.1. The summed E-state index contributed by atoms with van der Waals surface area (Å²) in [4.78, 5) is 0. The number of ether oxygens (including phenoxy) is 1. The van der Waals surface area contributed by atoms with Gasteiger partial charge in [-0.2, -0.15) is 0 Å². The Balaban J connectivity index is 2.02. The predicted molar refractivity (Wildman–Crippen MR) is 83.6 cm³/mol. The largest absolute Gasteiger partial charge is 0.487 e. The highest BCUT2D eigenvalue weighted by molar-refractivity contribution is 6.31. The zero-order valence-electron chi connectivity index (χ0n) is 12.6. The van der Waals surface area contributed by atoms with E-state index in [1.54, 1.807) is 0 Å². The van der Waals surface area contributed by atoms with Crippen molar-refractivity contribution in [3.8, 4) is 5.75 Å². The molecule has 2 aromatic rings. The minimum atomic E-state index is 0.370. The fourth-order valence-electron chi connectivity index (χ4n) is 1.97. The van der Waals surface area contributed by atoms with Gasteiger partial charge in [0, 0.05) is 23.2 Å². The highest BCUT2D eigenvalue weighted by Gasteiger charge is 2.10. The molecule has 0 saturated heterocycles. The monoisotopic (exact) mass is 308 g/mol. The molecule has 0 atom stereocenters. The summed E-state index contributed by atoms with van der Waals surface area (Å²) >= 11 is 6.28. The molecule has 1 aromatic heterocycles. The minimum Gasteiger partial charge on any atom is -0.487 e. The SMILES string of the molecule is Cc1cc(COc2cccc(Cl)c2CNCC(C)C)no1. The van der Waals surface area contributed by atoms with Gasteiger partial charge in [0.1, 0.15) is 23.8 Å². The van der Waals surface area contributed by atoms with Crippen molar-refractivity contribution in [3.63, 3.8) is 0 Å². The van der Waals surface area contributed by atoms with Crippen LogP contribution in [0.2, 0.25) is 5.02 Å². The van der Waals surface area contributed by atoms with Gasteiger partial charge < -0.3 is 14.6 Å². The van der Waals surface area contributed by atoms with Crippen LogP contribution in [0.4, 0.5) is 0 Å². The van der Waals surface area contributed by atoms with E-state index in [0.717, 1.165) is 29.3 Å². The third-order valence-corrected chi connectivity index (χ3v) is 3.34. The third-order valence-electron chi connectivity index (χ3n) is 2.98. The molecule has 114 valence electrons. The molecule has 21 heavy (non-hydrogen) atoms. The van der Waals surface area contributed by atoms with Gasteiger partial charge in [-0.15, -0.1) is 0 Å². The van der Waals surface area contributed by atoms with Gasteiger partial charge in [-0.05, 0) is 31.5 Å². The molecule has 1 aromatic carbocycles. The van der Waals surface area contributed by atoms with E-state index in [1.165, 1.54) is 0 Å². The third kappa shape index (κ3) is 4.76. The van der Waals surface area contributed by atoms with Gasteiger partial charge in [0.25, 0.3) is 0 Å². The number of aromatic nitrogens is 1. The quantitative estimate of drug-likeness (QED) is 0.841. The predicted octanol–water partition coefficient (Wildman–Crippen LogP) is 3.96. The average molecular weight is 309 g/mol. The van der Waals surface area contributed by atoms with E-state index in [-0.39, 0.29) is 0 Å². The second-order valence-electron chi connectivity index (χ2n) is 5.46. The molecular weight excluding hydrogens is 288 g/mol. The van der Waals surface area contributed by atoms with Crippen molar-refractivity contribution in [2.75, 3.05) is 6.54 Å². The number of hydrogen-bond donors (Lipinski definition) is 1. The van der Waals surface area contributed by atoms with Crippen LogP contribution in [0, 0.1) is 12.8 Å². The lowest BCUT2D eigenvalue weighted by Crippen LogP contribution is -2.19. The van der Waals surface area contributed by atoms with Crippen LogP contribution in [0.1, 0.15) is 30.9 Å². The maximum Gasteiger partial charge on any atom is 0.134 e. The molecule has 1 heterocycles. The minimum absolute atomic E-state index is 0.370. The number of halogens is 1. The summed E-state index contributed by atoms with van der Waals surface area (Å²) in [6.07, 6.45) is 0. The second kappa shape index (κ2) is 7.48. The molecular formula is C16H21ClN2O2. The summed E-state index contributed by atoms with van der Waals surface area (Å²) in [5, 5.41) is 8.01. The summed E-state index contributed by atoms with van der Waals surface area (Å²) in [6, 6.07) is 7.55. The van der Waals surface area contributed by atoms with E-state index < -0.39 is 0 Å². The van der Waals surface area contributed by atoms with Gasteiger partial charge in [-0.3, -0.25) is 0 Å². The Morgan fingerprint density at radius 1 is 1.38 bits per heavy atom. The Morgan fingerprint density at radius 2 is 2.19 bits per heavy atom. The van der Waals surface area contributed by atoms with Gasteiger partial charge >= 0.3 is 0 Å². The summed E-state index contributed by atoms with van der Waals surface area (Å²) in [7, 11) is 0. The summed E-state index contributed by atoms with van der Waals surface area (Å²) < 4.78 is 10.9. The van der Waals surface area contributed by atoms with Crippen LogP contribution in [-0.2, 0) is 13.2 Å². The number of hydrogen-bond acceptors (Lipinski definition) is 4. The fourth-order valence-corrected chi connectivity index (χ4v) is 2.20. The molecule has 0 bridgehead atoms. The lowest BCUT2D eigenvalue weighted by Gasteiger charge is -2.14. The first-order chi connectivity index (χ1) is 10.1. The molecule has 2 rings (SSSR count). The van der Waals surface area contributed by atoms with E-state index in [0.29, 0.717) is 24.1 Å². The molecule has 0 fully saturated rings. The van der Waals surface area contributed by atoms with Crippen molar-refractivity contribution in [2.24, 2.45) is 5.92 Å². The Bertz CT molecular complexity index is 581. The Labute approximate surface area is 130 Å². The van der Waals surface area contributed by atoms with E-state index in [2.05, 4.69) is 24.3 Å². The first-order valence-corrected chi connectivity index (χ1v) is 7.47. The van der Waals surface area contributed by atoms with E-state index in [4.69, 9.17) is 20.9 Å². The first kappa shape index (κ1) is 15.9. The zero-order chi connectivity index (χ0) is 15.2. The van der Waals surface area contributed by atoms with Crippen molar-refractivity contribution in [1.29, 1.82) is 0 Å². The van der Waals surface area contributed by atoms with E-state index in [1.807, 2.05) is 31.2 Å². The van der Waals surface area contributed by atoms with Gasteiger partial charge in [0.05, 0.1) is 0 Å². The fraction of sp³-hybridized carbons (Fsp3) is 0.438. The molecule has 0 aliphatic heterocycles. The molecule has 0 aliphatic rings. The summed E-state index contributed by atoms with van der Waals surface area (Å²) in [6.45, 7) is 8.19. The Kier molecular flexibility index (Phi) is 5.65. The molecule has 4 nitrogen and oxygen atoms in total. The summed E-state index contributed by atoms with van der Waals surface area (Å²) in [5.74, 6) is 2.15. The van der Waals surface area contributed by atoms with Crippen molar-refractivity contribution in [3.05, 3.63) is 46.3 Å². The average Bonchev–Trinajstić information content (AvgIpc) is 2.84. The van der Waals surface area contributed by atoms with Crippen molar-refractivity contribution >= 4 is 11.6 Å². The van der Waals surface area contributed by atoms with Gasteiger partial charge in [0.2, 0.25) is 0 Å². The van der Waals surface area contributed by atoms with Crippen LogP contribution in [0.25, 0.3) is 0 Å². The van der Waals surface area contributed by atoms with Gasteiger partial charge in [-0.1, -0.05) is 36.7 Å². The maximum absolute atomic E-state index is 6.28. The van der Waals surface area contributed by atoms with Crippen molar-refractivity contribution < 1.29 is 9.26 Å². The highest BCUT2D eigenvalue weighted by Crippen LogP contribution is 2.27.